The summed E-state index contributed by atoms with van der Waals surface area (Å²) in [5.41, 5.74) is 1.33. The molecule has 6 nitrogen and oxygen atoms in total. The van der Waals surface area contributed by atoms with Gasteiger partial charge in [0, 0.05) is 45.7 Å². The maximum atomic E-state index is 12.4. The number of fused-ring (bicyclic) bond motifs is 1. The van der Waals surface area contributed by atoms with E-state index in [-0.39, 0.29) is 5.91 Å². The van der Waals surface area contributed by atoms with E-state index < -0.39 is 5.76 Å². The standard InChI is InChI=1S/C18H23N3O3/c22-17(20-11-9-19(10-12-20)13-14-5-6-14)7-8-21-15-3-1-2-4-16(15)24-18(21)23/h1-4,14H,5-13H2. The minimum atomic E-state index is -0.391. The monoisotopic (exact) mass is 329 g/mol. The van der Waals surface area contributed by atoms with Crippen LogP contribution in [0.25, 0.3) is 11.1 Å². The Labute approximate surface area is 140 Å². The third kappa shape index (κ3) is 3.24. The third-order valence-electron chi connectivity index (χ3n) is 5.06. The van der Waals surface area contributed by atoms with Gasteiger partial charge in [-0.15, -0.1) is 0 Å². The van der Waals surface area contributed by atoms with Crippen molar-refractivity contribution in [2.24, 2.45) is 5.92 Å². The number of carbonyl (C=O) groups excluding carboxylic acids is 1. The lowest BCUT2D eigenvalue weighted by atomic mass is 10.2. The van der Waals surface area contributed by atoms with Crippen LogP contribution in [0.3, 0.4) is 0 Å². The molecular weight excluding hydrogens is 306 g/mol. The Morgan fingerprint density at radius 2 is 1.88 bits per heavy atom. The highest BCUT2D eigenvalue weighted by atomic mass is 16.4. The predicted octanol–water partition coefficient (Wildman–Crippen LogP) is 1.54. The zero-order valence-corrected chi connectivity index (χ0v) is 13.8. The van der Waals surface area contributed by atoms with Gasteiger partial charge in [0.2, 0.25) is 5.91 Å². The highest BCUT2D eigenvalue weighted by Gasteiger charge is 2.27. The van der Waals surface area contributed by atoms with Gasteiger partial charge in [-0.1, -0.05) is 12.1 Å². The van der Waals surface area contributed by atoms with Crippen LogP contribution in [0, 0.1) is 5.92 Å². The van der Waals surface area contributed by atoms with E-state index in [1.165, 1.54) is 19.4 Å². The maximum absolute atomic E-state index is 12.4. The molecule has 2 fully saturated rings. The molecule has 0 radical (unpaired) electrons. The molecule has 128 valence electrons. The van der Waals surface area contributed by atoms with Crippen LogP contribution < -0.4 is 5.76 Å². The van der Waals surface area contributed by atoms with Gasteiger partial charge in [-0.05, 0) is 30.9 Å². The summed E-state index contributed by atoms with van der Waals surface area (Å²) >= 11 is 0. The number of hydrogen-bond acceptors (Lipinski definition) is 4. The van der Waals surface area contributed by atoms with Crippen molar-refractivity contribution in [3.63, 3.8) is 0 Å². The van der Waals surface area contributed by atoms with Gasteiger partial charge in [0.1, 0.15) is 0 Å². The van der Waals surface area contributed by atoms with Gasteiger partial charge in [0.15, 0.2) is 5.58 Å². The number of para-hydroxylation sites is 2. The van der Waals surface area contributed by atoms with Crippen LogP contribution in [0.5, 0.6) is 0 Å². The number of rotatable bonds is 5. The molecular formula is C18H23N3O3. The number of hydrogen-bond donors (Lipinski definition) is 0. The Kier molecular flexibility index (Phi) is 4.14. The van der Waals surface area contributed by atoms with E-state index in [1.54, 1.807) is 10.6 Å². The predicted molar refractivity (Wildman–Crippen MR) is 90.8 cm³/mol. The summed E-state index contributed by atoms with van der Waals surface area (Å²) in [6.07, 6.45) is 3.07. The number of carbonyl (C=O) groups is 1. The van der Waals surface area contributed by atoms with E-state index >= 15 is 0 Å². The number of piperazine rings is 1. The summed E-state index contributed by atoms with van der Waals surface area (Å²) in [6.45, 7) is 5.10. The first-order chi connectivity index (χ1) is 11.7. The number of amides is 1. The lowest BCUT2D eigenvalue weighted by molar-refractivity contribution is -0.133. The van der Waals surface area contributed by atoms with Gasteiger partial charge >= 0.3 is 5.76 Å². The molecule has 1 aliphatic carbocycles. The van der Waals surface area contributed by atoms with E-state index in [1.807, 2.05) is 23.1 Å². The summed E-state index contributed by atoms with van der Waals surface area (Å²) in [7, 11) is 0. The molecule has 0 unspecified atom stereocenters. The van der Waals surface area contributed by atoms with Crippen molar-refractivity contribution in [2.45, 2.75) is 25.8 Å². The van der Waals surface area contributed by atoms with E-state index in [9.17, 15) is 9.59 Å². The Morgan fingerprint density at radius 3 is 2.62 bits per heavy atom. The molecule has 4 rings (SSSR count). The molecule has 0 bridgehead atoms. The minimum absolute atomic E-state index is 0.123. The molecule has 1 saturated heterocycles. The fraction of sp³-hybridized carbons (Fsp3) is 0.556. The van der Waals surface area contributed by atoms with Crippen molar-refractivity contribution in [3.05, 3.63) is 34.8 Å². The molecule has 1 aromatic heterocycles. The molecule has 1 saturated carbocycles. The molecule has 2 aliphatic rings. The van der Waals surface area contributed by atoms with E-state index in [4.69, 9.17) is 4.42 Å². The van der Waals surface area contributed by atoms with Crippen molar-refractivity contribution < 1.29 is 9.21 Å². The summed E-state index contributed by atoms with van der Waals surface area (Å²) in [6, 6.07) is 7.33. The molecule has 24 heavy (non-hydrogen) atoms. The topological polar surface area (TPSA) is 58.7 Å². The van der Waals surface area contributed by atoms with Gasteiger partial charge in [-0.25, -0.2) is 4.79 Å². The molecule has 0 N–H and O–H groups in total. The lowest BCUT2D eigenvalue weighted by Gasteiger charge is -2.34. The van der Waals surface area contributed by atoms with Crippen LogP contribution in [-0.4, -0.2) is 53.0 Å². The van der Waals surface area contributed by atoms with Crippen molar-refractivity contribution in [3.8, 4) is 0 Å². The second kappa shape index (κ2) is 6.43. The van der Waals surface area contributed by atoms with Crippen molar-refractivity contribution >= 4 is 17.0 Å². The van der Waals surface area contributed by atoms with E-state index in [0.29, 0.717) is 18.5 Å². The van der Waals surface area contributed by atoms with Crippen LogP contribution >= 0.6 is 0 Å². The normalized spacial score (nSPS) is 19.1. The average Bonchev–Trinajstić information content (AvgIpc) is 3.35. The first-order valence-electron chi connectivity index (χ1n) is 8.79. The first kappa shape index (κ1) is 15.4. The van der Waals surface area contributed by atoms with Crippen molar-refractivity contribution in [2.75, 3.05) is 32.7 Å². The van der Waals surface area contributed by atoms with Crippen molar-refractivity contribution in [1.29, 1.82) is 0 Å². The molecule has 1 aromatic carbocycles. The number of aryl methyl sites for hydroxylation is 1. The van der Waals surface area contributed by atoms with Crippen LogP contribution in [0.1, 0.15) is 19.3 Å². The molecule has 1 aliphatic heterocycles. The number of aromatic nitrogens is 1. The molecule has 2 heterocycles. The highest BCUT2D eigenvalue weighted by Crippen LogP contribution is 2.29. The smallest absolute Gasteiger partial charge is 0.408 e. The second-order valence-electron chi connectivity index (χ2n) is 6.86. The fourth-order valence-electron chi connectivity index (χ4n) is 3.44. The van der Waals surface area contributed by atoms with E-state index in [0.717, 1.165) is 37.6 Å². The quantitative estimate of drug-likeness (QED) is 0.835. The van der Waals surface area contributed by atoms with Crippen LogP contribution in [0.2, 0.25) is 0 Å². The first-order valence-corrected chi connectivity index (χ1v) is 8.79. The van der Waals surface area contributed by atoms with Crippen LogP contribution in [0.15, 0.2) is 33.5 Å². The Balaban J connectivity index is 1.33. The SMILES string of the molecule is O=C(CCn1c(=O)oc2ccccc21)N1CCN(CC2CC2)CC1. The summed E-state index contributed by atoms with van der Waals surface area (Å²) in [5.74, 6) is 0.630. The number of benzene rings is 1. The fourth-order valence-corrected chi connectivity index (χ4v) is 3.44. The molecule has 0 spiro atoms. The number of oxazole rings is 1. The molecule has 1 amide bonds. The zero-order valence-electron chi connectivity index (χ0n) is 13.8. The van der Waals surface area contributed by atoms with Gasteiger partial charge in [-0.3, -0.25) is 14.3 Å². The second-order valence-corrected chi connectivity index (χ2v) is 6.86. The largest absolute Gasteiger partial charge is 0.419 e. The Bertz CT molecular complexity index is 782. The summed E-state index contributed by atoms with van der Waals surface area (Å²) in [5, 5.41) is 0. The zero-order chi connectivity index (χ0) is 16.5. The van der Waals surface area contributed by atoms with Gasteiger partial charge in [-0.2, -0.15) is 0 Å². The Hall–Kier alpha value is -2.08. The number of nitrogens with zero attached hydrogens (tertiary/aromatic N) is 3. The Morgan fingerprint density at radius 1 is 1.12 bits per heavy atom. The molecule has 6 heteroatoms. The third-order valence-corrected chi connectivity index (χ3v) is 5.06. The van der Waals surface area contributed by atoms with Gasteiger partial charge < -0.3 is 9.32 Å². The highest BCUT2D eigenvalue weighted by molar-refractivity contribution is 5.77. The summed E-state index contributed by atoms with van der Waals surface area (Å²) < 4.78 is 6.76. The van der Waals surface area contributed by atoms with Crippen molar-refractivity contribution in [1.82, 2.24) is 14.4 Å². The van der Waals surface area contributed by atoms with Crippen LogP contribution in [0.4, 0.5) is 0 Å². The average molecular weight is 329 g/mol. The van der Waals surface area contributed by atoms with Gasteiger partial charge in [0.25, 0.3) is 0 Å². The molecule has 0 atom stereocenters. The molecule has 2 aromatic rings. The summed E-state index contributed by atoms with van der Waals surface area (Å²) in [4.78, 5) is 28.8. The maximum Gasteiger partial charge on any atom is 0.419 e. The van der Waals surface area contributed by atoms with E-state index in [2.05, 4.69) is 4.90 Å². The van der Waals surface area contributed by atoms with Gasteiger partial charge in [0.05, 0.1) is 5.52 Å². The lowest BCUT2D eigenvalue weighted by Crippen LogP contribution is -2.49. The van der Waals surface area contributed by atoms with Crippen LogP contribution in [-0.2, 0) is 11.3 Å². The minimum Gasteiger partial charge on any atom is -0.408 e.